The molecule has 1 heterocycles. The zero-order chi connectivity index (χ0) is 9.97. The second-order valence-electron chi connectivity index (χ2n) is 4.08. The van der Waals surface area contributed by atoms with Crippen molar-refractivity contribution in [2.24, 2.45) is 5.92 Å². The number of hydrogen-bond acceptors (Lipinski definition) is 2. The Morgan fingerprint density at radius 2 is 2.21 bits per heavy atom. The molecule has 1 aliphatic carbocycles. The highest BCUT2D eigenvalue weighted by Crippen LogP contribution is 2.29. The Balaban J connectivity index is 1.90. The highest BCUT2D eigenvalue weighted by atomic mass is 79.9. The maximum atomic E-state index is 9.95. The Kier molecular flexibility index (Phi) is 3.29. The lowest BCUT2D eigenvalue weighted by atomic mass is 9.96. The summed E-state index contributed by atoms with van der Waals surface area (Å²) in [4.78, 5) is 0. The molecule has 1 unspecified atom stereocenters. The van der Waals surface area contributed by atoms with E-state index in [-0.39, 0.29) is 6.10 Å². The van der Waals surface area contributed by atoms with E-state index in [9.17, 15) is 5.11 Å². The normalized spacial score (nSPS) is 20.1. The zero-order valence-electron chi connectivity index (χ0n) is 8.08. The van der Waals surface area contributed by atoms with E-state index in [1.807, 2.05) is 6.07 Å². The van der Waals surface area contributed by atoms with E-state index in [0.717, 1.165) is 16.7 Å². The average molecular weight is 259 g/mol. The van der Waals surface area contributed by atoms with Gasteiger partial charge in [0.15, 0.2) is 4.67 Å². The Hall–Kier alpha value is -0.280. The van der Waals surface area contributed by atoms with Crippen LogP contribution in [0.15, 0.2) is 21.4 Å². The van der Waals surface area contributed by atoms with Gasteiger partial charge in [-0.15, -0.1) is 0 Å². The minimum absolute atomic E-state index is 0.193. The molecule has 1 aliphatic rings. The third kappa shape index (κ3) is 2.39. The van der Waals surface area contributed by atoms with Gasteiger partial charge in [-0.05, 0) is 46.3 Å². The second kappa shape index (κ2) is 4.49. The van der Waals surface area contributed by atoms with E-state index < -0.39 is 0 Å². The number of halogens is 1. The van der Waals surface area contributed by atoms with Crippen LogP contribution in [0, 0.1) is 5.92 Å². The molecule has 0 bridgehead atoms. The van der Waals surface area contributed by atoms with E-state index in [4.69, 9.17) is 4.42 Å². The summed E-state index contributed by atoms with van der Waals surface area (Å²) in [5, 5.41) is 9.95. The quantitative estimate of drug-likeness (QED) is 0.904. The molecule has 1 fully saturated rings. The molecule has 3 heteroatoms. The van der Waals surface area contributed by atoms with Crippen LogP contribution in [0.1, 0.15) is 31.2 Å². The first-order valence-corrected chi connectivity index (χ1v) is 5.96. The van der Waals surface area contributed by atoms with Gasteiger partial charge in [-0.25, -0.2) is 0 Å². The molecule has 1 N–H and O–H groups in total. The van der Waals surface area contributed by atoms with Gasteiger partial charge in [0.2, 0.25) is 0 Å². The van der Waals surface area contributed by atoms with Gasteiger partial charge in [0.05, 0.1) is 12.4 Å². The van der Waals surface area contributed by atoms with E-state index in [1.165, 1.54) is 25.7 Å². The Labute approximate surface area is 92.4 Å². The Bertz CT molecular complexity index is 289. The van der Waals surface area contributed by atoms with Crippen LogP contribution in [0.2, 0.25) is 0 Å². The van der Waals surface area contributed by atoms with Crippen molar-refractivity contribution in [2.45, 2.75) is 38.2 Å². The average Bonchev–Trinajstić information content (AvgIpc) is 2.75. The molecule has 0 saturated heterocycles. The zero-order valence-corrected chi connectivity index (χ0v) is 9.66. The molecule has 0 spiro atoms. The first kappa shape index (κ1) is 10.2. The molecule has 0 aromatic carbocycles. The molecule has 2 nitrogen and oxygen atoms in total. The molecule has 1 aromatic heterocycles. The molecular formula is C11H15BrO2. The summed E-state index contributed by atoms with van der Waals surface area (Å²) >= 11 is 3.26. The first-order valence-electron chi connectivity index (χ1n) is 5.16. The number of aliphatic hydroxyl groups excluding tert-OH is 1. The van der Waals surface area contributed by atoms with Crippen molar-refractivity contribution < 1.29 is 9.52 Å². The third-order valence-electron chi connectivity index (χ3n) is 3.01. The summed E-state index contributed by atoms with van der Waals surface area (Å²) in [5.41, 5.74) is 1.08. The second-order valence-corrected chi connectivity index (χ2v) is 4.86. The molecular weight excluding hydrogens is 244 g/mol. The van der Waals surface area contributed by atoms with Gasteiger partial charge in [0.25, 0.3) is 0 Å². The van der Waals surface area contributed by atoms with Gasteiger partial charge in [-0.1, -0.05) is 12.8 Å². The van der Waals surface area contributed by atoms with Crippen molar-refractivity contribution in [1.82, 2.24) is 0 Å². The minimum Gasteiger partial charge on any atom is -0.457 e. The van der Waals surface area contributed by atoms with Crippen LogP contribution in [0.25, 0.3) is 0 Å². The van der Waals surface area contributed by atoms with Gasteiger partial charge in [-0.2, -0.15) is 0 Å². The summed E-state index contributed by atoms with van der Waals surface area (Å²) in [6.07, 6.45) is 7.15. The predicted octanol–water partition coefficient (Wildman–Crippen LogP) is 3.14. The van der Waals surface area contributed by atoms with Gasteiger partial charge >= 0.3 is 0 Å². The predicted molar refractivity (Wildman–Crippen MR) is 58.1 cm³/mol. The van der Waals surface area contributed by atoms with Gasteiger partial charge < -0.3 is 9.52 Å². The van der Waals surface area contributed by atoms with Gasteiger partial charge in [0, 0.05) is 6.42 Å². The number of furan rings is 1. The van der Waals surface area contributed by atoms with Crippen LogP contribution in [-0.2, 0) is 6.42 Å². The van der Waals surface area contributed by atoms with Crippen LogP contribution in [-0.4, -0.2) is 11.2 Å². The molecule has 0 aliphatic heterocycles. The monoisotopic (exact) mass is 258 g/mol. The number of aliphatic hydroxyl groups is 1. The largest absolute Gasteiger partial charge is 0.457 e. The van der Waals surface area contributed by atoms with E-state index in [0.29, 0.717) is 5.92 Å². The van der Waals surface area contributed by atoms with Crippen molar-refractivity contribution in [1.29, 1.82) is 0 Å². The van der Waals surface area contributed by atoms with Crippen molar-refractivity contribution in [2.75, 3.05) is 0 Å². The molecule has 78 valence electrons. The SMILES string of the molecule is OC(Cc1coc(Br)c1)C1CCCC1. The summed E-state index contributed by atoms with van der Waals surface area (Å²) in [6.45, 7) is 0. The number of hydrogen-bond donors (Lipinski definition) is 1. The Morgan fingerprint density at radius 3 is 2.79 bits per heavy atom. The molecule has 14 heavy (non-hydrogen) atoms. The molecule has 0 radical (unpaired) electrons. The Morgan fingerprint density at radius 1 is 1.50 bits per heavy atom. The van der Waals surface area contributed by atoms with Crippen LogP contribution in [0.5, 0.6) is 0 Å². The van der Waals surface area contributed by atoms with Crippen LogP contribution in [0.3, 0.4) is 0 Å². The fourth-order valence-corrected chi connectivity index (χ4v) is 2.59. The first-order chi connectivity index (χ1) is 6.75. The minimum atomic E-state index is -0.193. The topological polar surface area (TPSA) is 33.4 Å². The highest BCUT2D eigenvalue weighted by Gasteiger charge is 2.23. The fourth-order valence-electron chi connectivity index (χ4n) is 2.20. The highest BCUT2D eigenvalue weighted by molar-refractivity contribution is 9.10. The van der Waals surface area contributed by atoms with E-state index in [2.05, 4.69) is 15.9 Å². The van der Waals surface area contributed by atoms with Crippen molar-refractivity contribution >= 4 is 15.9 Å². The maximum absolute atomic E-state index is 9.95. The number of rotatable bonds is 3. The van der Waals surface area contributed by atoms with Crippen molar-refractivity contribution in [3.63, 3.8) is 0 Å². The van der Waals surface area contributed by atoms with Crippen LogP contribution >= 0.6 is 15.9 Å². The smallest absolute Gasteiger partial charge is 0.169 e. The van der Waals surface area contributed by atoms with Gasteiger partial charge in [0.1, 0.15) is 0 Å². The van der Waals surface area contributed by atoms with Crippen LogP contribution in [0.4, 0.5) is 0 Å². The third-order valence-corrected chi connectivity index (χ3v) is 3.43. The molecule has 1 aromatic rings. The summed E-state index contributed by atoms with van der Waals surface area (Å²) in [7, 11) is 0. The lowest BCUT2D eigenvalue weighted by Gasteiger charge is -2.16. The molecule has 1 atom stereocenters. The summed E-state index contributed by atoms with van der Waals surface area (Å²) < 4.78 is 5.88. The van der Waals surface area contributed by atoms with Gasteiger partial charge in [-0.3, -0.25) is 0 Å². The maximum Gasteiger partial charge on any atom is 0.169 e. The lowest BCUT2D eigenvalue weighted by Crippen LogP contribution is -2.19. The van der Waals surface area contributed by atoms with Crippen molar-refractivity contribution in [3.05, 3.63) is 22.6 Å². The van der Waals surface area contributed by atoms with E-state index in [1.54, 1.807) is 6.26 Å². The molecule has 1 saturated carbocycles. The van der Waals surface area contributed by atoms with Crippen LogP contribution < -0.4 is 0 Å². The standard InChI is InChI=1S/C11H15BrO2/c12-11-6-8(7-14-11)5-10(13)9-3-1-2-4-9/h6-7,9-10,13H,1-5H2. The summed E-state index contributed by atoms with van der Waals surface area (Å²) in [5.74, 6) is 0.503. The molecule has 0 amide bonds. The molecule has 2 rings (SSSR count). The summed E-state index contributed by atoms with van der Waals surface area (Å²) in [6, 6.07) is 1.93. The fraction of sp³-hybridized carbons (Fsp3) is 0.636. The van der Waals surface area contributed by atoms with E-state index >= 15 is 0 Å². The lowest BCUT2D eigenvalue weighted by molar-refractivity contribution is 0.111. The van der Waals surface area contributed by atoms with Crippen molar-refractivity contribution in [3.8, 4) is 0 Å².